The lowest BCUT2D eigenvalue weighted by Crippen LogP contribution is -2.15. The molecule has 1 aromatic heterocycles. The molecule has 1 aliphatic carbocycles. The molecule has 0 aliphatic heterocycles. The maximum Gasteiger partial charge on any atom is 0.322 e. The van der Waals surface area contributed by atoms with Crippen LogP contribution in [-0.2, 0) is 0 Å². The lowest BCUT2D eigenvalue weighted by Gasteiger charge is -2.11. The molecule has 0 amide bonds. The van der Waals surface area contributed by atoms with Gasteiger partial charge in [0, 0.05) is 6.54 Å². The Morgan fingerprint density at radius 3 is 2.83 bits per heavy atom. The number of aromatic nitrogens is 3. The van der Waals surface area contributed by atoms with Crippen LogP contribution in [0, 0.1) is 11.8 Å². The minimum atomic E-state index is 0.165. The van der Waals surface area contributed by atoms with E-state index in [0.29, 0.717) is 24.5 Å². The van der Waals surface area contributed by atoms with Crippen LogP contribution in [0.3, 0.4) is 0 Å². The van der Waals surface area contributed by atoms with Gasteiger partial charge in [-0.1, -0.05) is 13.8 Å². The quantitative estimate of drug-likeness (QED) is 0.826. The van der Waals surface area contributed by atoms with Gasteiger partial charge in [0.1, 0.15) is 0 Å². The van der Waals surface area contributed by atoms with Gasteiger partial charge in [0.05, 0.1) is 6.61 Å². The van der Waals surface area contributed by atoms with E-state index >= 15 is 0 Å². The second-order valence-corrected chi connectivity index (χ2v) is 5.09. The number of nitrogens with one attached hydrogen (secondary N) is 1. The van der Waals surface area contributed by atoms with Crippen LogP contribution in [0.4, 0.5) is 5.95 Å². The first-order valence-electron chi connectivity index (χ1n) is 6.47. The molecule has 6 heteroatoms. The normalized spacial score (nSPS) is 16.4. The molecule has 18 heavy (non-hydrogen) atoms. The second kappa shape index (κ2) is 6.18. The zero-order valence-corrected chi connectivity index (χ0v) is 11.6. The van der Waals surface area contributed by atoms with Gasteiger partial charge in [-0.15, -0.1) is 0 Å². The first kappa shape index (κ1) is 13.3. The highest BCUT2D eigenvalue weighted by Crippen LogP contribution is 2.36. The van der Waals surface area contributed by atoms with Crippen molar-refractivity contribution in [3.8, 4) is 6.01 Å². The summed E-state index contributed by atoms with van der Waals surface area (Å²) in [5.41, 5.74) is 0. The fourth-order valence-electron chi connectivity index (χ4n) is 1.75. The summed E-state index contributed by atoms with van der Waals surface area (Å²) in [5.74, 6) is 1.99. The van der Waals surface area contributed by atoms with E-state index in [1.165, 1.54) is 12.8 Å². The summed E-state index contributed by atoms with van der Waals surface area (Å²) in [6.07, 6.45) is 3.59. The van der Waals surface area contributed by atoms with Crippen LogP contribution in [0.2, 0.25) is 5.28 Å². The average molecular weight is 271 g/mol. The van der Waals surface area contributed by atoms with Crippen molar-refractivity contribution >= 4 is 17.5 Å². The van der Waals surface area contributed by atoms with E-state index < -0.39 is 0 Å². The highest BCUT2D eigenvalue weighted by molar-refractivity contribution is 6.28. The van der Waals surface area contributed by atoms with Crippen molar-refractivity contribution < 1.29 is 4.74 Å². The number of ether oxygens (including phenoxy) is 1. The van der Waals surface area contributed by atoms with E-state index in [2.05, 4.69) is 27.2 Å². The van der Waals surface area contributed by atoms with Gasteiger partial charge in [-0.2, -0.15) is 15.0 Å². The van der Waals surface area contributed by atoms with Gasteiger partial charge in [0.25, 0.3) is 0 Å². The van der Waals surface area contributed by atoms with Gasteiger partial charge >= 0.3 is 6.01 Å². The average Bonchev–Trinajstić information content (AvgIpc) is 3.17. The smallest absolute Gasteiger partial charge is 0.322 e. The fourth-order valence-corrected chi connectivity index (χ4v) is 1.91. The largest absolute Gasteiger partial charge is 0.463 e. The monoisotopic (exact) mass is 270 g/mol. The summed E-state index contributed by atoms with van der Waals surface area (Å²) < 4.78 is 5.36. The lowest BCUT2D eigenvalue weighted by molar-refractivity contribution is 0.291. The molecule has 1 atom stereocenters. The van der Waals surface area contributed by atoms with Gasteiger partial charge in [0.2, 0.25) is 11.2 Å². The van der Waals surface area contributed by atoms with Gasteiger partial charge in [0.15, 0.2) is 0 Å². The summed E-state index contributed by atoms with van der Waals surface area (Å²) in [6.45, 7) is 5.71. The third-order valence-corrected chi connectivity index (χ3v) is 3.20. The van der Waals surface area contributed by atoms with Crippen molar-refractivity contribution in [2.24, 2.45) is 11.8 Å². The van der Waals surface area contributed by atoms with E-state index in [-0.39, 0.29) is 5.28 Å². The van der Waals surface area contributed by atoms with Crippen molar-refractivity contribution in [2.75, 3.05) is 18.5 Å². The molecule has 1 fully saturated rings. The van der Waals surface area contributed by atoms with Crippen molar-refractivity contribution in [2.45, 2.75) is 33.1 Å². The highest BCUT2D eigenvalue weighted by Gasteiger charge is 2.27. The molecule has 1 heterocycles. The number of hydrogen-bond acceptors (Lipinski definition) is 5. The molecular weight excluding hydrogens is 252 g/mol. The van der Waals surface area contributed by atoms with Crippen molar-refractivity contribution in [1.82, 2.24) is 15.0 Å². The van der Waals surface area contributed by atoms with E-state index in [0.717, 1.165) is 18.9 Å². The fraction of sp³-hybridized carbons (Fsp3) is 0.750. The Labute approximate surface area is 112 Å². The standard InChI is InChI=1S/C12H19ClN4O/c1-3-6-18-12-16-10(13)15-11(17-12)14-7-8(2)9-4-5-9/h8-9H,3-7H2,1-2H3,(H,14,15,16,17). The number of nitrogens with zero attached hydrogens (tertiary/aromatic N) is 3. The third kappa shape index (κ3) is 3.98. The predicted octanol–water partition coefficient (Wildman–Crippen LogP) is 2.77. The first-order valence-corrected chi connectivity index (χ1v) is 6.85. The Balaban J connectivity index is 1.91. The van der Waals surface area contributed by atoms with Crippen molar-refractivity contribution in [1.29, 1.82) is 0 Å². The molecule has 0 aromatic carbocycles. The summed E-state index contributed by atoms with van der Waals surface area (Å²) in [7, 11) is 0. The van der Waals surface area contributed by atoms with Gasteiger partial charge in [-0.05, 0) is 42.7 Å². The Hall–Kier alpha value is -1.10. The summed E-state index contributed by atoms with van der Waals surface area (Å²) in [4.78, 5) is 12.2. The van der Waals surface area contributed by atoms with Gasteiger partial charge in [-0.3, -0.25) is 0 Å². The third-order valence-electron chi connectivity index (χ3n) is 3.03. The molecule has 100 valence electrons. The maximum atomic E-state index is 5.84. The Morgan fingerprint density at radius 1 is 1.39 bits per heavy atom. The van der Waals surface area contributed by atoms with Crippen LogP contribution in [0.25, 0.3) is 0 Å². The number of hydrogen-bond donors (Lipinski definition) is 1. The molecular formula is C12H19ClN4O. The summed E-state index contributed by atoms with van der Waals surface area (Å²) >= 11 is 5.84. The second-order valence-electron chi connectivity index (χ2n) is 4.75. The van der Waals surface area contributed by atoms with E-state index in [4.69, 9.17) is 16.3 Å². The molecule has 1 N–H and O–H groups in total. The Kier molecular flexibility index (Phi) is 4.58. The minimum Gasteiger partial charge on any atom is -0.463 e. The van der Waals surface area contributed by atoms with Gasteiger partial charge in [-0.25, -0.2) is 0 Å². The van der Waals surface area contributed by atoms with E-state index in [9.17, 15) is 0 Å². The van der Waals surface area contributed by atoms with Crippen LogP contribution >= 0.6 is 11.6 Å². The van der Waals surface area contributed by atoms with Crippen LogP contribution in [0.1, 0.15) is 33.1 Å². The van der Waals surface area contributed by atoms with Gasteiger partial charge < -0.3 is 10.1 Å². The zero-order valence-electron chi connectivity index (χ0n) is 10.8. The summed E-state index contributed by atoms with van der Waals surface area (Å²) in [6, 6.07) is 0.290. The summed E-state index contributed by atoms with van der Waals surface area (Å²) in [5, 5.41) is 3.36. The van der Waals surface area contributed by atoms with Crippen molar-refractivity contribution in [3.05, 3.63) is 5.28 Å². The molecule has 0 spiro atoms. The Morgan fingerprint density at radius 2 is 2.17 bits per heavy atom. The molecule has 0 bridgehead atoms. The number of rotatable bonds is 7. The van der Waals surface area contributed by atoms with Crippen molar-refractivity contribution in [3.63, 3.8) is 0 Å². The van der Waals surface area contributed by atoms with Crippen LogP contribution in [0.15, 0.2) is 0 Å². The predicted molar refractivity (Wildman–Crippen MR) is 71.0 cm³/mol. The Bertz CT molecular complexity index is 398. The van der Waals surface area contributed by atoms with E-state index in [1.54, 1.807) is 0 Å². The zero-order chi connectivity index (χ0) is 13.0. The maximum absolute atomic E-state index is 5.84. The molecule has 0 saturated heterocycles. The molecule has 1 saturated carbocycles. The SMILES string of the molecule is CCCOc1nc(Cl)nc(NCC(C)C2CC2)n1. The minimum absolute atomic E-state index is 0.165. The van der Waals surface area contributed by atoms with Crippen LogP contribution in [-0.4, -0.2) is 28.1 Å². The van der Waals surface area contributed by atoms with E-state index in [1.807, 2.05) is 6.92 Å². The molecule has 1 unspecified atom stereocenters. The topological polar surface area (TPSA) is 59.9 Å². The molecule has 1 aromatic rings. The molecule has 5 nitrogen and oxygen atoms in total. The molecule has 0 radical (unpaired) electrons. The number of anilines is 1. The lowest BCUT2D eigenvalue weighted by atomic mass is 10.1. The number of halogens is 1. The molecule has 2 rings (SSSR count). The van der Waals surface area contributed by atoms with Crippen LogP contribution in [0.5, 0.6) is 6.01 Å². The first-order chi connectivity index (χ1) is 8.69. The molecule has 1 aliphatic rings. The highest BCUT2D eigenvalue weighted by atomic mass is 35.5. The van der Waals surface area contributed by atoms with Crippen LogP contribution < -0.4 is 10.1 Å².